The van der Waals surface area contributed by atoms with Crippen molar-refractivity contribution in [3.63, 3.8) is 0 Å². The second-order valence-electron chi connectivity index (χ2n) is 3.44. The summed E-state index contributed by atoms with van der Waals surface area (Å²) in [5.74, 6) is 0.886. The van der Waals surface area contributed by atoms with E-state index in [2.05, 4.69) is 20.1 Å². The zero-order valence-corrected chi connectivity index (χ0v) is 8.96. The van der Waals surface area contributed by atoms with Crippen LogP contribution < -0.4 is 11.5 Å². The van der Waals surface area contributed by atoms with Gasteiger partial charge in [0.1, 0.15) is 5.82 Å². The summed E-state index contributed by atoms with van der Waals surface area (Å²) >= 11 is 0. The summed E-state index contributed by atoms with van der Waals surface area (Å²) < 4.78 is 1.82. The lowest BCUT2D eigenvalue weighted by molar-refractivity contribution is 0.595. The first-order chi connectivity index (χ1) is 7.63. The number of anilines is 2. The SMILES string of the molecule is Cc1ccn(CCc2nc(N)nc(N)n2)n1. The Morgan fingerprint density at radius 1 is 1.19 bits per heavy atom. The third kappa shape index (κ3) is 2.44. The van der Waals surface area contributed by atoms with E-state index >= 15 is 0 Å². The molecule has 84 valence electrons. The Morgan fingerprint density at radius 3 is 2.44 bits per heavy atom. The van der Waals surface area contributed by atoms with Crippen LogP contribution in [0.4, 0.5) is 11.9 Å². The maximum Gasteiger partial charge on any atom is 0.225 e. The molecule has 0 bridgehead atoms. The number of nitrogens with two attached hydrogens (primary N) is 2. The van der Waals surface area contributed by atoms with E-state index in [-0.39, 0.29) is 11.9 Å². The number of hydrogen-bond acceptors (Lipinski definition) is 6. The second-order valence-corrected chi connectivity index (χ2v) is 3.44. The molecule has 4 N–H and O–H groups in total. The highest BCUT2D eigenvalue weighted by molar-refractivity contribution is 5.25. The molecule has 2 rings (SSSR count). The van der Waals surface area contributed by atoms with E-state index in [0.717, 1.165) is 5.69 Å². The molecular weight excluding hydrogens is 206 g/mol. The molecule has 7 nitrogen and oxygen atoms in total. The molecule has 0 aliphatic heterocycles. The third-order valence-electron chi connectivity index (χ3n) is 2.05. The molecular formula is C9H13N7. The van der Waals surface area contributed by atoms with Crippen LogP contribution in [0.15, 0.2) is 12.3 Å². The summed E-state index contributed by atoms with van der Waals surface area (Å²) in [7, 11) is 0. The largest absolute Gasteiger partial charge is 0.368 e. The van der Waals surface area contributed by atoms with Gasteiger partial charge in [0.05, 0.1) is 5.69 Å². The van der Waals surface area contributed by atoms with Crippen LogP contribution in [0, 0.1) is 6.92 Å². The lowest BCUT2D eigenvalue weighted by Crippen LogP contribution is -2.10. The van der Waals surface area contributed by atoms with Gasteiger partial charge in [-0.05, 0) is 13.0 Å². The van der Waals surface area contributed by atoms with E-state index < -0.39 is 0 Å². The smallest absolute Gasteiger partial charge is 0.225 e. The van der Waals surface area contributed by atoms with Crippen LogP contribution >= 0.6 is 0 Å². The third-order valence-corrected chi connectivity index (χ3v) is 2.05. The van der Waals surface area contributed by atoms with Crippen molar-refractivity contribution in [1.82, 2.24) is 24.7 Å². The van der Waals surface area contributed by atoms with Gasteiger partial charge in [-0.1, -0.05) is 0 Å². The van der Waals surface area contributed by atoms with Crippen molar-refractivity contribution in [1.29, 1.82) is 0 Å². The van der Waals surface area contributed by atoms with Gasteiger partial charge in [-0.2, -0.15) is 20.1 Å². The van der Waals surface area contributed by atoms with E-state index in [4.69, 9.17) is 11.5 Å². The Hall–Kier alpha value is -2.18. The van der Waals surface area contributed by atoms with Crippen LogP contribution in [0.3, 0.4) is 0 Å². The molecule has 0 unspecified atom stereocenters. The molecule has 0 saturated carbocycles. The Labute approximate surface area is 92.5 Å². The zero-order chi connectivity index (χ0) is 11.5. The van der Waals surface area contributed by atoms with Gasteiger partial charge < -0.3 is 11.5 Å². The number of aryl methyl sites for hydroxylation is 3. The van der Waals surface area contributed by atoms with Gasteiger partial charge in [0.2, 0.25) is 11.9 Å². The molecule has 2 aromatic heterocycles. The minimum Gasteiger partial charge on any atom is -0.368 e. The Morgan fingerprint density at radius 2 is 1.88 bits per heavy atom. The molecule has 0 aliphatic carbocycles. The summed E-state index contributed by atoms with van der Waals surface area (Å²) in [6.07, 6.45) is 2.53. The lowest BCUT2D eigenvalue weighted by Gasteiger charge is -2.02. The van der Waals surface area contributed by atoms with E-state index in [1.807, 2.05) is 23.9 Å². The molecule has 0 aromatic carbocycles. The van der Waals surface area contributed by atoms with Gasteiger partial charge in [-0.25, -0.2) is 0 Å². The summed E-state index contributed by atoms with van der Waals surface area (Å²) in [5.41, 5.74) is 11.9. The molecule has 0 spiro atoms. The molecule has 0 fully saturated rings. The van der Waals surface area contributed by atoms with Crippen molar-refractivity contribution in [2.75, 3.05) is 11.5 Å². The van der Waals surface area contributed by atoms with Crippen molar-refractivity contribution in [3.05, 3.63) is 23.8 Å². The van der Waals surface area contributed by atoms with E-state index in [9.17, 15) is 0 Å². The van der Waals surface area contributed by atoms with Gasteiger partial charge in [0, 0.05) is 19.2 Å². The van der Waals surface area contributed by atoms with Crippen LogP contribution in [-0.2, 0) is 13.0 Å². The first kappa shape index (κ1) is 10.3. The lowest BCUT2D eigenvalue weighted by atomic mass is 10.4. The van der Waals surface area contributed by atoms with Crippen LogP contribution in [0.1, 0.15) is 11.5 Å². The number of nitrogens with zero attached hydrogens (tertiary/aromatic N) is 5. The van der Waals surface area contributed by atoms with Gasteiger partial charge in [0.15, 0.2) is 0 Å². The fourth-order valence-electron chi connectivity index (χ4n) is 1.37. The Kier molecular flexibility index (Phi) is 2.67. The molecule has 0 saturated heterocycles. The maximum atomic E-state index is 5.47. The van der Waals surface area contributed by atoms with Crippen LogP contribution in [-0.4, -0.2) is 24.7 Å². The zero-order valence-electron chi connectivity index (χ0n) is 8.96. The van der Waals surface area contributed by atoms with Crippen molar-refractivity contribution >= 4 is 11.9 Å². The summed E-state index contributed by atoms with van der Waals surface area (Å²) in [5, 5.41) is 4.25. The van der Waals surface area contributed by atoms with E-state index in [1.165, 1.54) is 0 Å². The molecule has 16 heavy (non-hydrogen) atoms. The minimum absolute atomic E-state index is 0.152. The summed E-state index contributed by atoms with van der Waals surface area (Å²) in [6, 6.07) is 1.94. The molecule has 0 atom stereocenters. The standard InChI is InChI=1S/C9H13N7/c1-6-2-4-16(15-6)5-3-7-12-8(10)14-9(11)13-7/h2,4H,3,5H2,1H3,(H4,10,11,12,13,14). The number of hydrogen-bond donors (Lipinski definition) is 2. The average Bonchev–Trinajstić information content (AvgIpc) is 2.60. The van der Waals surface area contributed by atoms with Crippen LogP contribution in [0.2, 0.25) is 0 Å². The molecule has 0 aliphatic rings. The monoisotopic (exact) mass is 219 g/mol. The fourth-order valence-corrected chi connectivity index (χ4v) is 1.37. The molecule has 2 heterocycles. The predicted octanol–water partition coefficient (Wildman–Crippen LogP) is -0.216. The van der Waals surface area contributed by atoms with Gasteiger partial charge >= 0.3 is 0 Å². The average molecular weight is 219 g/mol. The van der Waals surface area contributed by atoms with Crippen molar-refractivity contribution in [3.8, 4) is 0 Å². The Bertz CT molecular complexity index is 470. The number of rotatable bonds is 3. The topological polar surface area (TPSA) is 109 Å². The highest BCUT2D eigenvalue weighted by atomic mass is 15.3. The summed E-state index contributed by atoms with van der Waals surface area (Å²) in [4.78, 5) is 11.7. The van der Waals surface area contributed by atoms with Crippen molar-refractivity contribution < 1.29 is 0 Å². The van der Waals surface area contributed by atoms with Gasteiger partial charge in [-0.3, -0.25) is 4.68 Å². The van der Waals surface area contributed by atoms with Crippen LogP contribution in [0.5, 0.6) is 0 Å². The van der Waals surface area contributed by atoms with E-state index in [1.54, 1.807) is 0 Å². The van der Waals surface area contributed by atoms with E-state index in [0.29, 0.717) is 18.8 Å². The fraction of sp³-hybridized carbons (Fsp3) is 0.333. The highest BCUT2D eigenvalue weighted by Gasteiger charge is 2.02. The van der Waals surface area contributed by atoms with Crippen molar-refractivity contribution in [2.45, 2.75) is 19.9 Å². The highest BCUT2D eigenvalue weighted by Crippen LogP contribution is 2.01. The number of aromatic nitrogens is 5. The minimum atomic E-state index is 0.152. The van der Waals surface area contributed by atoms with Crippen LogP contribution in [0.25, 0.3) is 0 Å². The number of nitrogen functional groups attached to an aromatic ring is 2. The first-order valence-corrected chi connectivity index (χ1v) is 4.89. The quantitative estimate of drug-likeness (QED) is 0.739. The molecule has 0 amide bonds. The second kappa shape index (κ2) is 4.13. The maximum absolute atomic E-state index is 5.47. The predicted molar refractivity (Wildman–Crippen MR) is 59.3 cm³/mol. The summed E-state index contributed by atoms with van der Waals surface area (Å²) in [6.45, 7) is 2.63. The normalized spacial score (nSPS) is 10.6. The molecule has 7 heteroatoms. The first-order valence-electron chi connectivity index (χ1n) is 4.89. The molecule has 2 aromatic rings. The van der Waals surface area contributed by atoms with Gasteiger partial charge in [0.25, 0.3) is 0 Å². The Balaban J connectivity index is 2.04. The van der Waals surface area contributed by atoms with Crippen molar-refractivity contribution in [2.24, 2.45) is 0 Å². The molecule has 0 radical (unpaired) electrons. The van der Waals surface area contributed by atoms with Gasteiger partial charge in [-0.15, -0.1) is 0 Å².